The van der Waals surface area contributed by atoms with Crippen LogP contribution in [0.25, 0.3) is 0 Å². The average molecular weight is 425 g/mol. The fraction of sp³-hybridized carbons (Fsp3) is 0.385. The molecule has 0 aromatic heterocycles. The first kappa shape index (κ1) is 26.0. The first-order valence-electron chi connectivity index (χ1n) is 10.7. The zero-order chi connectivity index (χ0) is 23.1. The molecule has 31 heavy (non-hydrogen) atoms. The predicted molar refractivity (Wildman–Crippen MR) is 130 cm³/mol. The number of carbonyl (C=O) groups is 1. The van der Waals surface area contributed by atoms with Gasteiger partial charge >= 0.3 is 0 Å². The lowest BCUT2D eigenvalue weighted by molar-refractivity contribution is -0.104. The maximum Gasteiger partial charge on any atom is 0.164 e. The van der Waals surface area contributed by atoms with Crippen molar-refractivity contribution in [1.82, 2.24) is 0 Å². The Bertz CT molecular complexity index is 858. The molecule has 0 fully saturated rings. The summed E-state index contributed by atoms with van der Waals surface area (Å²) in [6.07, 6.45) is 6.66. The second-order valence-electron chi connectivity index (χ2n) is 7.38. The van der Waals surface area contributed by atoms with Gasteiger partial charge in [0.1, 0.15) is 6.29 Å². The molecule has 1 heterocycles. The standard InChI is InChI=1S/C12H17N.C10H13NO2.C4H6O/c1-4-13-9-11-6-5-7-12(8-11)10(2)3;1-7-5-8(11)6-9-10(7)13-4-2-3-12-9;1-2-3-4-5/h4-8,10H,9H2,1-3H3;5-6H,2-4,11H2,1H3;2-4H,1H3/b;;3-2+. The number of aliphatic imine (C=N–C) groups is 1. The average Bonchev–Trinajstić information content (AvgIpc) is 3.00. The second-order valence-corrected chi connectivity index (χ2v) is 7.38. The first-order chi connectivity index (χ1) is 14.9. The lowest BCUT2D eigenvalue weighted by atomic mass is 10.0. The third kappa shape index (κ3) is 9.98. The molecule has 0 atom stereocenters. The SMILES string of the molecule is C/C=C/C=O.CC=NCc1cccc(C(C)C)c1.Cc1cc(N)cc2c1OCCCO2. The minimum absolute atomic E-state index is 0.602. The first-order valence-corrected chi connectivity index (χ1v) is 10.7. The number of benzene rings is 2. The number of aryl methyl sites for hydroxylation is 1. The molecular weight excluding hydrogens is 388 g/mol. The highest BCUT2D eigenvalue weighted by atomic mass is 16.5. The van der Waals surface area contributed by atoms with Gasteiger partial charge in [-0.2, -0.15) is 0 Å². The predicted octanol–water partition coefficient (Wildman–Crippen LogP) is 5.90. The minimum atomic E-state index is 0.602. The van der Waals surface area contributed by atoms with Crippen LogP contribution < -0.4 is 15.2 Å². The summed E-state index contributed by atoms with van der Waals surface area (Å²) in [5, 5.41) is 0. The minimum Gasteiger partial charge on any atom is -0.489 e. The number of nitrogen functional groups attached to an aromatic ring is 1. The van der Waals surface area contributed by atoms with Gasteiger partial charge in [0.25, 0.3) is 0 Å². The van der Waals surface area contributed by atoms with Crippen molar-refractivity contribution in [1.29, 1.82) is 0 Å². The van der Waals surface area contributed by atoms with Crippen LogP contribution >= 0.6 is 0 Å². The maximum absolute atomic E-state index is 9.32. The number of hydrogen-bond donors (Lipinski definition) is 1. The zero-order valence-corrected chi connectivity index (χ0v) is 19.4. The van der Waals surface area contributed by atoms with E-state index in [2.05, 4.69) is 43.1 Å². The Morgan fingerprint density at radius 2 is 1.87 bits per heavy atom. The maximum atomic E-state index is 9.32. The molecule has 0 saturated heterocycles. The van der Waals surface area contributed by atoms with Gasteiger partial charge in [-0.05, 0) is 61.7 Å². The summed E-state index contributed by atoms with van der Waals surface area (Å²) in [6.45, 7) is 12.4. The van der Waals surface area contributed by atoms with E-state index in [1.54, 1.807) is 13.0 Å². The summed E-state index contributed by atoms with van der Waals surface area (Å²) in [4.78, 5) is 13.5. The van der Waals surface area contributed by atoms with E-state index in [0.29, 0.717) is 12.5 Å². The molecule has 0 spiro atoms. The van der Waals surface area contributed by atoms with Crippen molar-refractivity contribution >= 4 is 18.2 Å². The molecule has 2 aromatic carbocycles. The number of aldehydes is 1. The summed E-state index contributed by atoms with van der Waals surface area (Å²) in [5.41, 5.74) is 10.1. The molecule has 0 aliphatic carbocycles. The molecule has 0 unspecified atom stereocenters. The molecule has 0 radical (unpaired) electrons. The van der Waals surface area contributed by atoms with Crippen molar-refractivity contribution < 1.29 is 14.3 Å². The van der Waals surface area contributed by atoms with E-state index in [1.165, 1.54) is 17.2 Å². The number of hydrogen-bond acceptors (Lipinski definition) is 5. The molecule has 1 aliphatic rings. The summed E-state index contributed by atoms with van der Waals surface area (Å²) in [5.74, 6) is 2.22. The van der Waals surface area contributed by atoms with Gasteiger partial charge in [-0.15, -0.1) is 0 Å². The Kier molecular flexibility index (Phi) is 12.4. The summed E-state index contributed by atoms with van der Waals surface area (Å²) < 4.78 is 11.1. The molecule has 0 amide bonds. The van der Waals surface area contributed by atoms with Gasteiger partial charge in [-0.25, -0.2) is 0 Å². The van der Waals surface area contributed by atoms with E-state index in [1.807, 2.05) is 32.2 Å². The molecule has 0 bridgehead atoms. The summed E-state index contributed by atoms with van der Waals surface area (Å²) >= 11 is 0. The number of nitrogens with two attached hydrogens (primary N) is 1. The fourth-order valence-corrected chi connectivity index (χ4v) is 2.80. The molecule has 0 saturated carbocycles. The number of anilines is 1. The van der Waals surface area contributed by atoms with E-state index in [-0.39, 0.29) is 0 Å². The number of nitrogens with zero attached hydrogens (tertiary/aromatic N) is 1. The second kappa shape index (κ2) is 14.8. The molecule has 3 rings (SSSR count). The van der Waals surface area contributed by atoms with E-state index in [9.17, 15) is 4.79 Å². The normalized spacial score (nSPS) is 12.6. The van der Waals surface area contributed by atoms with E-state index in [4.69, 9.17) is 15.2 Å². The highest BCUT2D eigenvalue weighted by molar-refractivity contribution is 5.64. The Labute approximate surface area is 187 Å². The topological polar surface area (TPSA) is 73.9 Å². The van der Waals surface area contributed by atoms with Crippen LogP contribution in [-0.2, 0) is 11.3 Å². The molecule has 5 heteroatoms. The van der Waals surface area contributed by atoms with Crippen LogP contribution in [0.3, 0.4) is 0 Å². The van der Waals surface area contributed by atoms with Gasteiger partial charge in [0.05, 0.1) is 19.8 Å². The van der Waals surface area contributed by atoms with E-state index in [0.717, 1.165) is 48.6 Å². The van der Waals surface area contributed by atoms with Crippen molar-refractivity contribution in [3.63, 3.8) is 0 Å². The number of rotatable bonds is 4. The third-order valence-electron chi connectivity index (χ3n) is 4.40. The Morgan fingerprint density at radius 3 is 2.48 bits per heavy atom. The summed E-state index contributed by atoms with van der Waals surface area (Å²) in [6, 6.07) is 12.3. The molecular formula is C26H36N2O3. The van der Waals surface area contributed by atoms with Gasteiger partial charge < -0.3 is 15.2 Å². The Morgan fingerprint density at radius 1 is 1.13 bits per heavy atom. The van der Waals surface area contributed by atoms with Crippen LogP contribution in [0.5, 0.6) is 11.5 Å². The van der Waals surface area contributed by atoms with Gasteiger partial charge in [0, 0.05) is 18.2 Å². The molecule has 168 valence electrons. The quantitative estimate of drug-likeness (QED) is 0.287. The third-order valence-corrected chi connectivity index (χ3v) is 4.40. The van der Waals surface area contributed by atoms with Crippen molar-refractivity contribution in [2.24, 2.45) is 4.99 Å². The van der Waals surface area contributed by atoms with Crippen LogP contribution in [-0.4, -0.2) is 25.7 Å². The Balaban J connectivity index is 0.000000256. The van der Waals surface area contributed by atoms with Crippen LogP contribution in [0.15, 0.2) is 53.5 Å². The smallest absolute Gasteiger partial charge is 0.164 e. The number of carbonyl (C=O) groups excluding carboxylic acids is 1. The lowest BCUT2D eigenvalue weighted by Crippen LogP contribution is -1.97. The number of ether oxygens (including phenoxy) is 2. The van der Waals surface area contributed by atoms with Crippen LogP contribution in [0.1, 0.15) is 56.7 Å². The van der Waals surface area contributed by atoms with Gasteiger partial charge in [0.15, 0.2) is 11.5 Å². The number of allylic oxidation sites excluding steroid dienone is 2. The van der Waals surface area contributed by atoms with Gasteiger partial charge in [0.2, 0.25) is 0 Å². The van der Waals surface area contributed by atoms with Crippen molar-refractivity contribution in [2.45, 2.75) is 53.5 Å². The zero-order valence-electron chi connectivity index (χ0n) is 19.4. The highest BCUT2D eigenvalue weighted by Gasteiger charge is 2.12. The van der Waals surface area contributed by atoms with Crippen molar-refractivity contribution in [3.8, 4) is 11.5 Å². The lowest BCUT2D eigenvalue weighted by Gasteiger charge is -2.10. The fourth-order valence-electron chi connectivity index (χ4n) is 2.80. The number of fused-ring (bicyclic) bond motifs is 1. The molecule has 5 nitrogen and oxygen atoms in total. The van der Waals surface area contributed by atoms with Crippen LogP contribution in [0, 0.1) is 6.92 Å². The monoisotopic (exact) mass is 424 g/mol. The Hall–Kier alpha value is -3.08. The molecule has 2 aromatic rings. The van der Waals surface area contributed by atoms with E-state index < -0.39 is 0 Å². The van der Waals surface area contributed by atoms with Crippen LogP contribution in [0.4, 0.5) is 5.69 Å². The van der Waals surface area contributed by atoms with Gasteiger partial charge in [-0.3, -0.25) is 9.79 Å². The highest BCUT2D eigenvalue weighted by Crippen LogP contribution is 2.34. The van der Waals surface area contributed by atoms with Gasteiger partial charge in [-0.1, -0.05) is 44.2 Å². The van der Waals surface area contributed by atoms with Crippen molar-refractivity contribution in [2.75, 3.05) is 18.9 Å². The summed E-state index contributed by atoms with van der Waals surface area (Å²) in [7, 11) is 0. The van der Waals surface area contributed by atoms with Crippen LogP contribution in [0.2, 0.25) is 0 Å². The van der Waals surface area contributed by atoms with E-state index >= 15 is 0 Å². The molecule has 1 aliphatic heterocycles. The largest absolute Gasteiger partial charge is 0.489 e. The van der Waals surface area contributed by atoms with Crippen molar-refractivity contribution in [3.05, 3.63) is 65.2 Å². The molecule has 2 N–H and O–H groups in total.